The minimum Gasteiger partial charge on any atom is -0.497 e. The number of hydrogen-bond donors (Lipinski definition) is 2. The number of nitrogens with one attached hydrogen (secondary N) is 2. The Hall–Kier alpha value is -3.76. The maximum Gasteiger partial charge on any atom is 0.264 e. The number of rotatable bonds is 9. The molecule has 2 amide bonds. The summed E-state index contributed by atoms with van der Waals surface area (Å²) in [7, 11) is 1.60. The number of amidine groups is 1. The number of methoxy groups -OCH3 is 1. The summed E-state index contributed by atoms with van der Waals surface area (Å²) in [4.78, 5) is 30.0. The van der Waals surface area contributed by atoms with Gasteiger partial charge in [0.25, 0.3) is 11.8 Å². The van der Waals surface area contributed by atoms with Crippen molar-refractivity contribution in [1.82, 2.24) is 5.32 Å². The number of aryl methyl sites for hydroxylation is 1. The molecule has 4 rings (SSSR count). The molecule has 1 aliphatic heterocycles. The largest absolute Gasteiger partial charge is 0.497 e. The standard InChI is InChI=1S/C28H26BrN3O5S/c1-4-36-23-13-18(14-25-27(34)32-28(38-25)31-20-9-11-21(35-3)12-10-20)22(29)15-24(23)37-16-26(33)30-19-7-5-17(2)6-8-19/h5-15H,4,16H2,1-3H3,(H,30,33)(H,31,32,34)/b25-14+. The van der Waals surface area contributed by atoms with Gasteiger partial charge >= 0.3 is 0 Å². The number of amides is 2. The van der Waals surface area contributed by atoms with Gasteiger partial charge in [-0.15, -0.1) is 0 Å². The zero-order chi connectivity index (χ0) is 27.1. The highest BCUT2D eigenvalue weighted by molar-refractivity contribution is 9.10. The molecular formula is C28H26BrN3O5S. The molecule has 0 atom stereocenters. The van der Waals surface area contributed by atoms with E-state index in [1.54, 1.807) is 37.5 Å². The van der Waals surface area contributed by atoms with Crippen molar-refractivity contribution in [3.05, 3.63) is 81.2 Å². The molecule has 3 aromatic rings. The molecule has 38 heavy (non-hydrogen) atoms. The van der Waals surface area contributed by atoms with E-state index in [0.29, 0.717) is 49.6 Å². The van der Waals surface area contributed by atoms with Crippen LogP contribution in [0.5, 0.6) is 17.2 Å². The zero-order valence-electron chi connectivity index (χ0n) is 21.0. The summed E-state index contributed by atoms with van der Waals surface area (Å²) < 4.78 is 17.4. The van der Waals surface area contributed by atoms with Crippen molar-refractivity contribution in [3.63, 3.8) is 0 Å². The number of carbonyl (C=O) groups is 2. The van der Waals surface area contributed by atoms with Gasteiger partial charge in [-0.2, -0.15) is 0 Å². The molecule has 196 valence electrons. The van der Waals surface area contributed by atoms with Crippen molar-refractivity contribution in [1.29, 1.82) is 0 Å². The molecule has 1 saturated heterocycles. The molecule has 0 aromatic heterocycles. The monoisotopic (exact) mass is 595 g/mol. The summed E-state index contributed by atoms with van der Waals surface area (Å²) in [5, 5.41) is 6.07. The quantitative estimate of drug-likeness (QED) is 0.291. The van der Waals surface area contributed by atoms with Gasteiger partial charge in [0.15, 0.2) is 23.3 Å². The Morgan fingerprint density at radius 2 is 1.79 bits per heavy atom. The van der Waals surface area contributed by atoms with Gasteiger partial charge in [-0.1, -0.05) is 33.6 Å². The molecular weight excluding hydrogens is 570 g/mol. The Labute approximate surface area is 233 Å². The second-order valence-corrected chi connectivity index (χ2v) is 10.0. The summed E-state index contributed by atoms with van der Waals surface area (Å²) >= 11 is 4.79. The van der Waals surface area contributed by atoms with Crippen molar-refractivity contribution >= 4 is 62.1 Å². The lowest BCUT2D eigenvalue weighted by atomic mass is 10.2. The van der Waals surface area contributed by atoms with Gasteiger partial charge in [0.1, 0.15) is 5.75 Å². The smallest absolute Gasteiger partial charge is 0.264 e. The molecule has 10 heteroatoms. The lowest BCUT2D eigenvalue weighted by Crippen LogP contribution is -2.20. The fourth-order valence-electron chi connectivity index (χ4n) is 3.42. The summed E-state index contributed by atoms with van der Waals surface area (Å²) in [6.45, 7) is 4.05. The van der Waals surface area contributed by atoms with Gasteiger partial charge in [-0.3, -0.25) is 9.59 Å². The van der Waals surface area contributed by atoms with Crippen LogP contribution in [-0.2, 0) is 9.59 Å². The van der Waals surface area contributed by atoms with Gasteiger partial charge < -0.3 is 24.8 Å². The van der Waals surface area contributed by atoms with E-state index in [0.717, 1.165) is 11.3 Å². The molecule has 1 aliphatic rings. The van der Waals surface area contributed by atoms with E-state index in [9.17, 15) is 9.59 Å². The Kier molecular flexibility index (Phi) is 9.09. The van der Waals surface area contributed by atoms with Crippen molar-refractivity contribution in [3.8, 4) is 17.2 Å². The lowest BCUT2D eigenvalue weighted by molar-refractivity contribution is -0.118. The third kappa shape index (κ3) is 7.17. The molecule has 2 N–H and O–H groups in total. The van der Waals surface area contributed by atoms with Gasteiger partial charge in [0.2, 0.25) is 0 Å². The summed E-state index contributed by atoms with van der Waals surface area (Å²) in [5.74, 6) is 1.06. The molecule has 0 radical (unpaired) electrons. The normalized spacial score (nSPS) is 14.9. The predicted molar refractivity (Wildman–Crippen MR) is 154 cm³/mol. The highest BCUT2D eigenvalue weighted by atomic mass is 79.9. The number of aliphatic imine (C=N–C) groups is 1. The summed E-state index contributed by atoms with van der Waals surface area (Å²) in [6.07, 6.45) is 1.75. The van der Waals surface area contributed by atoms with Crippen LogP contribution in [0, 0.1) is 6.92 Å². The van der Waals surface area contributed by atoms with Crippen LogP contribution in [0.1, 0.15) is 18.1 Å². The number of anilines is 1. The first-order chi connectivity index (χ1) is 18.3. The third-order valence-electron chi connectivity index (χ3n) is 5.30. The van der Waals surface area contributed by atoms with E-state index in [4.69, 9.17) is 14.2 Å². The van der Waals surface area contributed by atoms with E-state index in [-0.39, 0.29) is 18.4 Å². The van der Waals surface area contributed by atoms with Crippen LogP contribution in [0.2, 0.25) is 0 Å². The van der Waals surface area contributed by atoms with Gasteiger partial charge in [0, 0.05) is 10.2 Å². The van der Waals surface area contributed by atoms with Crippen molar-refractivity contribution < 1.29 is 23.8 Å². The number of ether oxygens (including phenoxy) is 3. The number of nitrogens with zero attached hydrogens (tertiary/aromatic N) is 1. The maximum atomic E-state index is 12.6. The van der Waals surface area contributed by atoms with Crippen LogP contribution in [0.25, 0.3) is 6.08 Å². The first kappa shape index (κ1) is 27.3. The fourth-order valence-corrected chi connectivity index (χ4v) is 4.69. The Bertz CT molecular complexity index is 1390. The molecule has 1 fully saturated rings. The van der Waals surface area contributed by atoms with Crippen LogP contribution in [0.4, 0.5) is 11.4 Å². The average molecular weight is 597 g/mol. The third-order valence-corrected chi connectivity index (χ3v) is 6.89. The Morgan fingerprint density at radius 3 is 2.47 bits per heavy atom. The Morgan fingerprint density at radius 1 is 1.08 bits per heavy atom. The molecule has 1 heterocycles. The van der Waals surface area contributed by atoms with Crippen LogP contribution < -0.4 is 24.8 Å². The molecule has 0 bridgehead atoms. The molecule has 0 unspecified atom stereocenters. The molecule has 3 aromatic carbocycles. The van der Waals surface area contributed by atoms with Crippen LogP contribution >= 0.6 is 27.7 Å². The SMILES string of the molecule is CCOc1cc(/C=C2/SC(=Nc3ccc(OC)cc3)NC2=O)c(Br)cc1OCC(=O)Nc1ccc(C)cc1. The van der Waals surface area contributed by atoms with E-state index >= 15 is 0 Å². The van der Waals surface area contributed by atoms with E-state index in [1.807, 2.05) is 50.2 Å². The number of hydrogen-bond acceptors (Lipinski definition) is 7. The van der Waals surface area contributed by atoms with Gasteiger partial charge in [-0.25, -0.2) is 4.99 Å². The minimum absolute atomic E-state index is 0.190. The van der Waals surface area contributed by atoms with E-state index in [1.165, 1.54) is 11.8 Å². The molecule has 8 nitrogen and oxygen atoms in total. The number of carbonyl (C=O) groups excluding carboxylic acids is 2. The first-order valence-corrected chi connectivity index (χ1v) is 13.3. The summed E-state index contributed by atoms with van der Waals surface area (Å²) in [6, 6.07) is 18.2. The molecule has 0 spiro atoms. The Balaban J connectivity index is 1.47. The van der Waals surface area contributed by atoms with Crippen LogP contribution in [-0.4, -0.2) is 37.3 Å². The highest BCUT2D eigenvalue weighted by Gasteiger charge is 2.24. The first-order valence-electron chi connectivity index (χ1n) is 11.7. The minimum atomic E-state index is -0.290. The lowest BCUT2D eigenvalue weighted by Gasteiger charge is -2.14. The molecule has 0 saturated carbocycles. The summed E-state index contributed by atoms with van der Waals surface area (Å²) in [5.41, 5.74) is 3.21. The number of halogens is 1. The number of benzene rings is 3. The van der Waals surface area contributed by atoms with E-state index < -0.39 is 0 Å². The molecule has 0 aliphatic carbocycles. The second-order valence-electron chi connectivity index (χ2n) is 8.14. The van der Waals surface area contributed by atoms with Crippen molar-refractivity contribution in [2.24, 2.45) is 4.99 Å². The van der Waals surface area contributed by atoms with Crippen LogP contribution in [0.3, 0.4) is 0 Å². The van der Waals surface area contributed by atoms with Crippen molar-refractivity contribution in [2.45, 2.75) is 13.8 Å². The fraction of sp³-hybridized carbons (Fsp3) is 0.179. The van der Waals surface area contributed by atoms with E-state index in [2.05, 4.69) is 31.6 Å². The van der Waals surface area contributed by atoms with Crippen LogP contribution in [0.15, 0.2) is 75.0 Å². The maximum absolute atomic E-state index is 12.6. The topological polar surface area (TPSA) is 98.2 Å². The van der Waals surface area contributed by atoms with Gasteiger partial charge in [0.05, 0.1) is 24.3 Å². The highest BCUT2D eigenvalue weighted by Crippen LogP contribution is 2.37. The van der Waals surface area contributed by atoms with Crippen molar-refractivity contribution in [2.75, 3.05) is 25.6 Å². The van der Waals surface area contributed by atoms with Gasteiger partial charge in [-0.05, 0) is 85.8 Å². The number of thioether (sulfide) groups is 1. The zero-order valence-corrected chi connectivity index (χ0v) is 23.4. The average Bonchev–Trinajstić information content (AvgIpc) is 3.25. The predicted octanol–water partition coefficient (Wildman–Crippen LogP) is 6.07. The second kappa shape index (κ2) is 12.7.